The molecule has 5 nitrogen and oxygen atoms in total. The third kappa shape index (κ3) is 6.78. The molecule has 0 aliphatic heterocycles. The predicted octanol–water partition coefficient (Wildman–Crippen LogP) is 1.76. The fourth-order valence-corrected chi connectivity index (χ4v) is 2.24. The van der Waals surface area contributed by atoms with Crippen molar-refractivity contribution in [3.05, 3.63) is 0 Å². The maximum Gasteiger partial charge on any atom is 0.407 e. The average molecular weight is 271 g/mol. The second kappa shape index (κ2) is 7.10. The van der Waals surface area contributed by atoms with Gasteiger partial charge in [-0.25, -0.2) is 4.79 Å². The first kappa shape index (κ1) is 16.2. The number of amides is 1. The van der Waals surface area contributed by atoms with Crippen molar-refractivity contribution in [2.75, 3.05) is 6.54 Å². The van der Waals surface area contributed by atoms with Crippen LogP contribution in [-0.4, -0.2) is 36.4 Å². The van der Waals surface area contributed by atoms with Crippen molar-refractivity contribution in [2.45, 2.75) is 77.1 Å². The average Bonchev–Trinajstić information content (AvgIpc) is 2.21. The van der Waals surface area contributed by atoms with E-state index in [0.29, 0.717) is 24.7 Å². The Labute approximate surface area is 116 Å². The molecular formula is C14H29N3O2. The first-order chi connectivity index (χ1) is 8.80. The lowest BCUT2D eigenvalue weighted by Gasteiger charge is -2.36. The van der Waals surface area contributed by atoms with E-state index in [0.717, 1.165) is 25.7 Å². The molecule has 0 aromatic carbocycles. The maximum absolute atomic E-state index is 11.6. The number of carbonyl (C=O) groups is 1. The molecule has 1 saturated carbocycles. The van der Waals surface area contributed by atoms with Crippen LogP contribution >= 0.6 is 0 Å². The molecule has 0 heterocycles. The van der Waals surface area contributed by atoms with Gasteiger partial charge in [0.1, 0.15) is 5.60 Å². The van der Waals surface area contributed by atoms with Gasteiger partial charge in [-0.2, -0.15) is 0 Å². The minimum absolute atomic E-state index is 0.301. The van der Waals surface area contributed by atoms with Crippen molar-refractivity contribution in [3.63, 3.8) is 0 Å². The Morgan fingerprint density at radius 3 is 2.53 bits per heavy atom. The zero-order valence-electron chi connectivity index (χ0n) is 12.7. The minimum atomic E-state index is -0.446. The van der Waals surface area contributed by atoms with Gasteiger partial charge < -0.3 is 21.1 Å². The van der Waals surface area contributed by atoms with Crippen LogP contribution in [0.4, 0.5) is 4.79 Å². The highest BCUT2D eigenvalue weighted by Crippen LogP contribution is 2.18. The molecule has 0 bridgehead atoms. The quantitative estimate of drug-likeness (QED) is 0.688. The number of ether oxygens (including phenoxy) is 1. The van der Waals surface area contributed by atoms with Crippen LogP contribution in [0.15, 0.2) is 0 Å². The van der Waals surface area contributed by atoms with Gasteiger partial charge in [-0.15, -0.1) is 0 Å². The number of hydrogen-bond acceptors (Lipinski definition) is 4. The van der Waals surface area contributed by atoms with E-state index >= 15 is 0 Å². The monoisotopic (exact) mass is 271 g/mol. The van der Waals surface area contributed by atoms with Crippen molar-refractivity contribution in [2.24, 2.45) is 5.73 Å². The SMILES string of the molecule is CCCC(CNC(=O)OC(C)(C)C)NC1CC(N)C1. The van der Waals surface area contributed by atoms with Crippen LogP contribution < -0.4 is 16.4 Å². The van der Waals surface area contributed by atoms with Crippen LogP contribution in [0, 0.1) is 0 Å². The molecule has 1 fully saturated rings. The minimum Gasteiger partial charge on any atom is -0.444 e. The number of alkyl carbamates (subject to hydrolysis) is 1. The summed E-state index contributed by atoms with van der Waals surface area (Å²) in [6.45, 7) is 8.35. The van der Waals surface area contributed by atoms with Crippen LogP contribution in [0.1, 0.15) is 53.4 Å². The smallest absolute Gasteiger partial charge is 0.407 e. The van der Waals surface area contributed by atoms with E-state index in [2.05, 4.69) is 17.6 Å². The van der Waals surface area contributed by atoms with E-state index in [-0.39, 0.29) is 6.09 Å². The molecule has 1 rings (SSSR count). The van der Waals surface area contributed by atoms with Crippen LogP contribution in [0.5, 0.6) is 0 Å². The topological polar surface area (TPSA) is 76.4 Å². The van der Waals surface area contributed by atoms with E-state index < -0.39 is 5.60 Å². The number of nitrogens with two attached hydrogens (primary N) is 1. The first-order valence-electron chi connectivity index (χ1n) is 7.28. The molecule has 0 saturated heterocycles. The summed E-state index contributed by atoms with van der Waals surface area (Å²) in [5, 5.41) is 6.39. The Balaban J connectivity index is 2.26. The summed E-state index contributed by atoms with van der Waals surface area (Å²) < 4.78 is 5.23. The van der Waals surface area contributed by atoms with Gasteiger partial charge in [-0.05, 0) is 40.0 Å². The Morgan fingerprint density at radius 2 is 2.05 bits per heavy atom. The Bertz CT molecular complexity index is 283. The maximum atomic E-state index is 11.6. The summed E-state index contributed by atoms with van der Waals surface area (Å²) in [6.07, 6.45) is 3.86. The summed E-state index contributed by atoms with van der Waals surface area (Å²) in [7, 11) is 0. The van der Waals surface area contributed by atoms with Crippen molar-refractivity contribution < 1.29 is 9.53 Å². The zero-order valence-corrected chi connectivity index (χ0v) is 12.7. The number of hydrogen-bond donors (Lipinski definition) is 3. The molecule has 1 atom stereocenters. The van der Waals surface area contributed by atoms with Crippen LogP contribution in [0.25, 0.3) is 0 Å². The molecular weight excluding hydrogens is 242 g/mol. The van der Waals surface area contributed by atoms with Gasteiger partial charge in [0.25, 0.3) is 0 Å². The molecule has 4 N–H and O–H groups in total. The van der Waals surface area contributed by atoms with Crippen LogP contribution in [0.3, 0.4) is 0 Å². The standard InChI is InChI=1S/C14H29N3O2/c1-5-6-11(17-12-7-10(15)8-12)9-16-13(18)19-14(2,3)4/h10-12,17H,5-9,15H2,1-4H3,(H,16,18). The fourth-order valence-electron chi connectivity index (χ4n) is 2.24. The summed E-state index contributed by atoms with van der Waals surface area (Å²) in [5.74, 6) is 0. The summed E-state index contributed by atoms with van der Waals surface area (Å²) in [4.78, 5) is 11.6. The molecule has 19 heavy (non-hydrogen) atoms. The van der Waals surface area contributed by atoms with Crippen molar-refractivity contribution in [1.29, 1.82) is 0 Å². The lowest BCUT2D eigenvalue weighted by molar-refractivity contribution is 0.0519. The molecule has 1 aliphatic rings. The summed E-state index contributed by atoms with van der Waals surface area (Å²) in [6, 6.07) is 1.15. The van der Waals surface area contributed by atoms with Gasteiger partial charge in [0.2, 0.25) is 0 Å². The second-order valence-electron chi connectivity index (χ2n) is 6.46. The van der Waals surface area contributed by atoms with Crippen LogP contribution in [0.2, 0.25) is 0 Å². The van der Waals surface area contributed by atoms with Crippen molar-refractivity contribution in [1.82, 2.24) is 10.6 Å². The lowest BCUT2D eigenvalue weighted by atomic mass is 9.87. The third-order valence-corrected chi connectivity index (χ3v) is 3.17. The van der Waals surface area contributed by atoms with Crippen molar-refractivity contribution in [3.8, 4) is 0 Å². The molecule has 1 unspecified atom stereocenters. The Kier molecular flexibility index (Phi) is 6.07. The zero-order chi connectivity index (χ0) is 14.5. The lowest BCUT2D eigenvalue weighted by Crippen LogP contribution is -2.54. The van der Waals surface area contributed by atoms with Gasteiger partial charge in [-0.3, -0.25) is 0 Å². The molecule has 1 aliphatic carbocycles. The predicted molar refractivity (Wildman–Crippen MR) is 77.1 cm³/mol. The molecule has 0 spiro atoms. The van der Waals surface area contributed by atoms with Crippen molar-refractivity contribution >= 4 is 6.09 Å². The fraction of sp³-hybridized carbons (Fsp3) is 0.929. The number of nitrogens with one attached hydrogen (secondary N) is 2. The molecule has 0 aromatic heterocycles. The first-order valence-corrected chi connectivity index (χ1v) is 7.28. The van der Waals surface area contributed by atoms with E-state index in [1.54, 1.807) is 0 Å². The highest BCUT2D eigenvalue weighted by molar-refractivity contribution is 5.67. The Hall–Kier alpha value is -0.810. The number of rotatable bonds is 6. The molecule has 1 amide bonds. The highest BCUT2D eigenvalue weighted by Gasteiger charge is 2.27. The van der Waals surface area contributed by atoms with E-state index in [4.69, 9.17) is 10.5 Å². The van der Waals surface area contributed by atoms with Gasteiger partial charge in [0.05, 0.1) is 0 Å². The largest absolute Gasteiger partial charge is 0.444 e. The Morgan fingerprint density at radius 1 is 1.42 bits per heavy atom. The van der Waals surface area contributed by atoms with E-state index in [1.807, 2.05) is 20.8 Å². The highest BCUT2D eigenvalue weighted by atomic mass is 16.6. The summed E-state index contributed by atoms with van der Waals surface area (Å²) >= 11 is 0. The van der Waals surface area contributed by atoms with E-state index in [9.17, 15) is 4.79 Å². The normalized spacial score (nSPS) is 24.5. The third-order valence-electron chi connectivity index (χ3n) is 3.17. The molecule has 5 heteroatoms. The van der Waals surface area contributed by atoms with Gasteiger partial charge in [-0.1, -0.05) is 13.3 Å². The molecule has 112 valence electrons. The van der Waals surface area contributed by atoms with Gasteiger partial charge in [0, 0.05) is 24.7 Å². The van der Waals surface area contributed by atoms with Crippen LogP contribution in [-0.2, 0) is 4.74 Å². The van der Waals surface area contributed by atoms with E-state index in [1.165, 1.54) is 0 Å². The van der Waals surface area contributed by atoms with Gasteiger partial charge >= 0.3 is 6.09 Å². The molecule has 0 aromatic rings. The molecule has 0 radical (unpaired) electrons. The summed E-state index contributed by atoms with van der Waals surface area (Å²) in [5.41, 5.74) is 5.33. The number of carbonyl (C=O) groups excluding carboxylic acids is 1. The van der Waals surface area contributed by atoms with Gasteiger partial charge in [0.15, 0.2) is 0 Å². The second-order valence-corrected chi connectivity index (χ2v) is 6.46.